The largest absolute Gasteiger partial charge is 0.497 e. The highest BCUT2D eigenvalue weighted by molar-refractivity contribution is 7.92. The highest BCUT2D eigenvalue weighted by Crippen LogP contribution is 2.19. The number of sulfonamides is 1. The Morgan fingerprint density at radius 3 is 2.47 bits per heavy atom. The van der Waals surface area contributed by atoms with Crippen LogP contribution in [0.2, 0.25) is 0 Å². The average molecular weight is 284 g/mol. The van der Waals surface area contributed by atoms with Crippen LogP contribution in [-0.2, 0) is 10.0 Å². The molecule has 2 N–H and O–H groups in total. The van der Waals surface area contributed by atoms with E-state index in [-0.39, 0.29) is 11.7 Å². The lowest BCUT2D eigenvalue weighted by Crippen LogP contribution is -2.33. The minimum atomic E-state index is -3.27. The predicted octanol–water partition coefficient (Wildman–Crippen LogP) is 1.44. The van der Waals surface area contributed by atoms with E-state index in [0.717, 1.165) is 25.9 Å². The Morgan fingerprint density at radius 1 is 1.26 bits per heavy atom. The third-order valence-electron chi connectivity index (χ3n) is 3.28. The molecule has 0 atom stereocenters. The van der Waals surface area contributed by atoms with Crippen molar-refractivity contribution in [2.45, 2.75) is 12.8 Å². The monoisotopic (exact) mass is 284 g/mol. The molecule has 0 aromatic heterocycles. The Bertz CT molecular complexity index is 493. The standard InChI is InChI=1S/C13H20N2O3S/c1-18-13-4-2-12(3-5-13)15-19(16,17)10-11-6-8-14-9-7-11/h2-5,11,14-15H,6-10H2,1H3. The first-order valence-corrected chi connectivity index (χ1v) is 8.09. The Labute approximate surface area is 114 Å². The van der Waals surface area contributed by atoms with Gasteiger partial charge < -0.3 is 10.1 Å². The third-order valence-corrected chi connectivity index (χ3v) is 4.73. The Balaban J connectivity index is 1.95. The van der Waals surface area contributed by atoms with Gasteiger partial charge in [-0.05, 0) is 56.1 Å². The van der Waals surface area contributed by atoms with Crippen molar-refractivity contribution in [3.05, 3.63) is 24.3 Å². The van der Waals surface area contributed by atoms with Crippen LogP contribution in [0, 0.1) is 5.92 Å². The van der Waals surface area contributed by atoms with E-state index in [4.69, 9.17) is 4.74 Å². The SMILES string of the molecule is COc1ccc(NS(=O)(=O)CC2CCNCC2)cc1. The summed E-state index contributed by atoms with van der Waals surface area (Å²) < 4.78 is 31.8. The molecule has 5 nitrogen and oxygen atoms in total. The van der Waals surface area contributed by atoms with Gasteiger partial charge in [0, 0.05) is 5.69 Å². The number of ether oxygens (including phenoxy) is 1. The molecule has 1 aromatic rings. The number of methoxy groups -OCH3 is 1. The average Bonchev–Trinajstić information content (AvgIpc) is 2.39. The van der Waals surface area contributed by atoms with Gasteiger partial charge in [0.25, 0.3) is 0 Å². The third kappa shape index (κ3) is 4.40. The summed E-state index contributed by atoms with van der Waals surface area (Å²) in [5.41, 5.74) is 0.578. The van der Waals surface area contributed by atoms with E-state index in [1.807, 2.05) is 0 Å². The molecular formula is C13H20N2O3S. The van der Waals surface area contributed by atoms with Crippen LogP contribution in [-0.4, -0.2) is 34.4 Å². The summed E-state index contributed by atoms with van der Waals surface area (Å²) >= 11 is 0. The fourth-order valence-electron chi connectivity index (χ4n) is 2.24. The van der Waals surface area contributed by atoms with Crippen molar-refractivity contribution in [2.24, 2.45) is 5.92 Å². The first kappa shape index (κ1) is 14.1. The molecule has 0 radical (unpaired) electrons. The normalized spacial score (nSPS) is 17.1. The maximum absolute atomic E-state index is 12.1. The van der Waals surface area contributed by atoms with Crippen LogP contribution in [0.1, 0.15) is 12.8 Å². The molecule has 1 aliphatic heterocycles. The second-order valence-corrected chi connectivity index (χ2v) is 6.57. The second-order valence-electron chi connectivity index (χ2n) is 4.81. The predicted molar refractivity (Wildman–Crippen MR) is 76.0 cm³/mol. The van der Waals surface area contributed by atoms with Crippen molar-refractivity contribution in [3.63, 3.8) is 0 Å². The molecule has 1 fully saturated rings. The Kier molecular flexibility index (Phi) is 4.66. The van der Waals surface area contributed by atoms with Crippen molar-refractivity contribution in [2.75, 3.05) is 30.7 Å². The van der Waals surface area contributed by atoms with Gasteiger partial charge in [-0.25, -0.2) is 8.42 Å². The van der Waals surface area contributed by atoms with E-state index in [0.29, 0.717) is 11.4 Å². The van der Waals surface area contributed by atoms with Crippen LogP contribution in [0.15, 0.2) is 24.3 Å². The van der Waals surface area contributed by atoms with Gasteiger partial charge in [0.1, 0.15) is 5.75 Å². The van der Waals surface area contributed by atoms with E-state index < -0.39 is 10.0 Å². The number of hydrogen-bond donors (Lipinski definition) is 2. The molecule has 1 aliphatic rings. The second kappa shape index (κ2) is 6.25. The van der Waals surface area contributed by atoms with E-state index in [2.05, 4.69) is 10.0 Å². The first-order chi connectivity index (χ1) is 9.09. The minimum Gasteiger partial charge on any atom is -0.497 e. The number of piperidine rings is 1. The molecule has 0 amide bonds. The number of hydrogen-bond acceptors (Lipinski definition) is 4. The number of nitrogens with one attached hydrogen (secondary N) is 2. The van der Waals surface area contributed by atoms with Gasteiger partial charge in [-0.1, -0.05) is 0 Å². The quantitative estimate of drug-likeness (QED) is 0.858. The maximum atomic E-state index is 12.1. The summed E-state index contributed by atoms with van der Waals surface area (Å²) in [7, 11) is -1.69. The molecule has 1 saturated heterocycles. The van der Waals surface area contributed by atoms with Crippen molar-refractivity contribution < 1.29 is 13.2 Å². The molecule has 2 rings (SSSR count). The van der Waals surface area contributed by atoms with Gasteiger partial charge in [0.05, 0.1) is 12.9 Å². The molecule has 0 unspecified atom stereocenters. The minimum absolute atomic E-state index is 0.195. The van der Waals surface area contributed by atoms with E-state index in [1.54, 1.807) is 31.4 Å². The lowest BCUT2D eigenvalue weighted by molar-refractivity contribution is 0.402. The zero-order valence-corrected chi connectivity index (χ0v) is 11.9. The number of rotatable bonds is 5. The van der Waals surface area contributed by atoms with Gasteiger partial charge in [-0.15, -0.1) is 0 Å². The molecule has 19 heavy (non-hydrogen) atoms. The smallest absolute Gasteiger partial charge is 0.232 e. The highest BCUT2D eigenvalue weighted by atomic mass is 32.2. The molecule has 0 aliphatic carbocycles. The van der Waals surface area contributed by atoms with Gasteiger partial charge >= 0.3 is 0 Å². The molecule has 1 heterocycles. The fourth-order valence-corrected chi connectivity index (χ4v) is 3.77. The summed E-state index contributed by atoms with van der Waals surface area (Å²) in [5.74, 6) is 1.15. The van der Waals surface area contributed by atoms with Crippen molar-refractivity contribution in [3.8, 4) is 5.75 Å². The van der Waals surface area contributed by atoms with Crippen molar-refractivity contribution in [1.82, 2.24) is 5.32 Å². The van der Waals surface area contributed by atoms with E-state index in [9.17, 15) is 8.42 Å². The van der Waals surface area contributed by atoms with Crippen LogP contribution in [0.25, 0.3) is 0 Å². The first-order valence-electron chi connectivity index (χ1n) is 6.44. The van der Waals surface area contributed by atoms with Crippen LogP contribution >= 0.6 is 0 Å². The zero-order chi connectivity index (χ0) is 13.7. The van der Waals surface area contributed by atoms with Gasteiger partial charge in [-0.3, -0.25) is 4.72 Å². The molecule has 106 valence electrons. The van der Waals surface area contributed by atoms with E-state index in [1.165, 1.54) is 0 Å². The fraction of sp³-hybridized carbons (Fsp3) is 0.538. The summed E-state index contributed by atoms with van der Waals surface area (Å²) in [5, 5.41) is 3.23. The van der Waals surface area contributed by atoms with Gasteiger partial charge in [0.2, 0.25) is 10.0 Å². The summed E-state index contributed by atoms with van der Waals surface area (Å²) in [6.45, 7) is 1.81. The van der Waals surface area contributed by atoms with Crippen LogP contribution in [0.5, 0.6) is 5.75 Å². The van der Waals surface area contributed by atoms with Crippen LogP contribution in [0.3, 0.4) is 0 Å². The van der Waals surface area contributed by atoms with Crippen LogP contribution in [0.4, 0.5) is 5.69 Å². The topological polar surface area (TPSA) is 67.4 Å². The molecular weight excluding hydrogens is 264 g/mol. The maximum Gasteiger partial charge on any atom is 0.232 e. The molecule has 0 saturated carbocycles. The Hall–Kier alpha value is -1.27. The summed E-state index contributed by atoms with van der Waals surface area (Å²) in [6, 6.07) is 6.89. The van der Waals surface area contributed by atoms with Crippen LogP contribution < -0.4 is 14.8 Å². The molecule has 0 spiro atoms. The Morgan fingerprint density at radius 2 is 1.89 bits per heavy atom. The van der Waals surface area contributed by atoms with Gasteiger partial charge in [0.15, 0.2) is 0 Å². The molecule has 1 aromatic carbocycles. The molecule has 6 heteroatoms. The zero-order valence-electron chi connectivity index (χ0n) is 11.1. The lowest BCUT2D eigenvalue weighted by Gasteiger charge is -2.22. The highest BCUT2D eigenvalue weighted by Gasteiger charge is 2.21. The lowest BCUT2D eigenvalue weighted by atomic mass is 10.0. The van der Waals surface area contributed by atoms with Gasteiger partial charge in [-0.2, -0.15) is 0 Å². The number of benzene rings is 1. The summed E-state index contributed by atoms with van der Waals surface area (Å²) in [6.07, 6.45) is 1.84. The molecule has 0 bridgehead atoms. The van der Waals surface area contributed by atoms with Crippen molar-refractivity contribution >= 4 is 15.7 Å². The number of anilines is 1. The van der Waals surface area contributed by atoms with E-state index >= 15 is 0 Å². The summed E-state index contributed by atoms with van der Waals surface area (Å²) in [4.78, 5) is 0. The van der Waals surface area contributed by atoms with Crippen molar-refractivity contribution in [1.29, 1.82) is 0 Å².